The molecule has 0 aromatic heterocycles. The molecule has 1 unspecified atom stereocenters. The van der Waals surface area contributed by atoms with Gasteiger partial charge in [-0.25, -0.2) is 5.48 Å². The zero-order chi connectivity index (χ0) is 21.6. The van der Waals surface area contributed by atoms with Gasteiger partial charge in [-0.15, -0.1) is 0 Å². The van der Waals surface area contributed by atoms with Gasteiger partial charge in [0, 0.05) is 37.3 Å². The molecule has 160 valence electrons. The molecule has 3 aromatic carbocycles. The lowest BCUT2D eigenvalue weighted by atomic mass is 10.0. The first-order valence-electron chi connectivity index (χ1n) is 10.3. The first kappa shape index (κ1) is 21.0. The highest BCUT2D eigenvalue weighted by molar-refractivity contribution is 6.01. The fraction of sp³-hybridized carbons (Fsp3) is 0.250. The Labute approximate surface area is 180 Å². The number of amides is 2. The van der Waals surface area contributed by atoms with E-state index in [9.17, 15) is 9.59 Å². The molecule has 1 aliphatic heterocycles. The molecule has 1 heterocycles. The van der Waals surface area contributed by atoms with E-state index >= 15 is 0 Å². The summed E-state index contributed by atoms with van der Waals surface area (Å²) in [5.41, 5.74) is 3.71. The summed E-state index contributed by atoms with van der Waals surface area (Å²) in [5, 5.41) is 13.4. The standard InChI is InChI=1S/C24H25N3O4/c28-23(19-8-6-18-7-9-20(24(29)26-30)13-21(18)12-19)25-14-22-16-27(10-11-31-22)15-17-4-2-1-3-5-17/h1-9,12-13,22,30H,10-11,14-16H2,(H,25,28)(H,26,29). The van der Waals surface area contributed by atoms with Crippen LogP contribution in [0, 0.1) is 0 Å². The summed E-state index contributed by atoms with van der Waals surface area (Å²) in [6, 6.07) is 20.7. The van der Waals surface area contributed by atoms with Crippen molar-refractivity contribution in [1.82, 2.24) is 15.7 Å². The number of morpholine rings is 1. The Morgan fingerprint density at radius 2 is 1.68 bits per heavy atom. The van der Waals surface area contributed by atoms with Gasteiger partial charge in [-0.1, -0.05) is 42.5 Å². The first-order valence-corrected chi connectivity index (χ1v) is 10.3. The fourth-order valence-corrected chi connectivity index (χ4v) is 3.79. The Morgan fingerprint density at radius 3 is 2.39 bits per heavy atom. The summed E-state index contributed by atoms with van der Waals surface area (Å²) in [6.45, 7) is 3.55. The number of carbonyl (C=O) groups is 2. The van der Waals surface area contributed by atoms with Crippen molar-refractivity contribution < 1.29 is 19.5 Å². The second-order valence-corrected chi connectivity index (χ2v) is 7.64. The number of hydroxylamine groups is 1. The SMILES string of the molecule is O=C(NO)c1ccc2ccc(C(=O)NCC3CN(Cc4ccccc4)CCO3)cc2c1. The minimum Gasteiger partial charge on any atom is -0.374 e. The van der Waals surface area contributed by atoms with Crippen molar-refractivity contribution in [3.05, 3.63) is 83.4 Å². The largest absolute Gasteiger partial charge is 0.374 e. The highest BCUT2D eigenvalue weighted by Crippen LogP contribution is 2.18. The van der Waals surface area contributed by atoms with Crippen LogP contribution in [0.2, 0.25) is 0 Å². The number of nitrogens with zero attached hydrogens (tertiary/aromatic N) is 1. The van der Waals surface area contributed by atoms with Crippen molar-refractivity contribution in [1.29, 1.82) is 0 Å². The van der Waals surface area contributed by atoms with E-state index in [0.717, 1.165) is 30.4 Å². The lowest BCUT2D eigenvalue weighted by molar-refractivity contribution is -0.0292. The van der Waals surface area contributed by atoms with E-state index in [1.165, 1.54) is 5.56 Å². The molecule has 1 fully saturated rings. The maximum absolute atomic E-state index is 12.7. The number of benzene rings is 3. The molecule has 0 spiro atoms. The summed E-state index contributed by atoms with van der Waals surface area (Å²) in [7, 11) is 0. The smallest absolute Gasteiger partial charge is 0.274 e. The lowest BCUT2D eigenvalue weighted by Gasteiger charge is -2.33. The number of hydrogen-bond acceptors (Lipinski definition) is 5. The normalized spacial score (nSPS) is 16.7. The maximum Gasteiger partial charge on any atom is 0.274 e. The molecule has 2 amide bonds. The Morgan fingerprint density at radius 1 is 0.968 bits per heavy atom. The van der Waals surface area contributed by atoms with E-state index in [4.69, 9.17) is 9.94 Å². The van der Waals surface area contributed by atoms with Gasteiger partial charge in [0.05, 0.1) is 12.7 Å². The topological polar surface area (TPSA) is 90.9 Å². The number of ether oxygens (including phenoxy) is 1. The molecule has 3 aromatic rings. The van der Waals surface area contributed by atoms with E-state index in [2.05, 4.69) is 22.3 Å². The van der Waals surface area contributed by atoms with Crippen LogP contribution in [0.25, 0.3) is 10.8 Å². The number of hydrogen-bond donors (Lipinski definition) is 3. The third kappa shape index (κ3) is 5.27. The van der Waals surface area contributed by atoms with E-state index in [1.54, 1.807) is 35.8 Å². The second-order valence-electron chi connectivity index (χ2n) is 7.64. The van der Waals surface area contributed by atoms with Gasteiger partial charge < -0.3 is 10.1 Å². The third-order valence-corrected chi connectivity index (χ3v) is 5.43. The predicted molar refractivity (Wildman–Crippen MR) is 117 cm³/mol. The van der Waals surface area contributed by atoms with E-state index in [-0.39, 0.29) is 12.0 Å². The van der Waals surface area contributed by atoms with Crippen LogP contribution in [0.5, 0.6) is 0 Å². The Kier molecular flexibility index (Phi) is 6.57. The van der Waals surface area contributed by atoms with Crippen molar-refractivity contribution in [2.24, 2.45) is 0 Å². The van der Waals surface area contributed by atoms with Gasteiger partial charge in [0.25, 0.3) is 11.8 Å². The van der Waals surface area contributed by atoms with E-state index < -0.39 is 5.91 Å². The van der Waals surface area contributed by atoms with Crippen LogP contribution in [0.4, 0.5) is 0 Å². The number of rotatable bonds is 6. The number of nitrogens with one attached hydrogen (secondary N) is 2. The zero-order valence-electron chi connectivity index (χ0n) is 17.1. The van der Waals surface area contributed by atoms with Gasteiger partial charge in [0.1, 0.15) is 0 Å². The van der Waals surface area contributed by atoms with Gasteiger partial charge in [-0.05, 0) is 40.6 Å². The Balaban J connectivity index is 1.36. The van der Waals surface area contributed by atoms with Gasteiger partial charge in [-0.2, -0.15) is 0 Å². The van der Waals surface area contributed by atoms with Crippen molar-refractivity contribution in [3.8, 4) is 0 Å². The quantitative estimate of drug-likeness (QED) is 0.422. The van der Waals surface area contributed by atoms with Crippen LogP contribution in [0.1, 0.15) is 26.3 Å². The zero-order valence-corrected chi connectivity index (χ0v) is 17.1. The van der Waals surface area contributed by atoms with Gasteiger partial charge in [0.2, 0.25) is 0 Å². The van der Waals surface area contributed by atoms with E-state index in [1.807, 2.05) is 24.3 Å². The second kappa shape index (κ2) is 9.70. The number of carbonyl (C=O) groups excluding carboxylic acids is 2. The average molecular weight is 419 g/mol. The monoisotopic (exact) mass is 419 g/mol. The highest BCUT2D eigenvalue weighted by atomic mass is 16.5. The third-order valence-electron chi connectivity index (χ3n) is 5.43. The van der Waals surface area contributed by atoms with Crippen LogP contribution < -0.4 is 10.8 Å². The van der Waals surface area contributed by atoms with Crippen molar-refractivity contribution in [2.75, 3.05) is 26.2 Å². The van der Waals surface area contributed by atoms with Crippen molar-refractivity contribution in [2.45, 2.75) is 12.6 Å². The Hall–Kier alpha value is -3.26. The molecule has 0 radical (unpaired) electrons. The molecule has 1 saturated heterocycles. The molecular weight excluding hydrogens is 394 g/mol. The maximum atomic E-state index is 12.7. The van der Waals surface area contributed by atoms with Gasteiger partial charge in [0.15, 0.2) is 0 Å². The fourth-order valence-electron chi connectivity index (χ4n) is 3.79. The molecule has 7 nitrogen and oxygen atoms in total. The van der Waals surface area contributed by atoms with Crippen LogP contribution in [0.15, 0.2) is 66.7 Å². The summed E-state index contributed by atoms with van der Waals surface area (Å²) in [6.07, 6.45) is -0.0679. The highest BCUT2D eigenvalue weighted by Gasteiger charge is 2.21. The van der Waals surface area contributed by atoms with Crippen LogP contribution in [0.3, 0.4) is 0 Å². The van der Waals surface area contributed by atoms with Crippen molar-refractivity contribution >= 4 is 22.6 Å². The molecular formula is C24H25N3O4. The first-order chi connectivity index (χ1) is 15.1. The summed E-state index contributed by atoms with van der Waals surface area (Å²) in [5.74, 6) is -0.783. The minimum absolute atomic E-state index is 0.0679. The molecule has 31 heavy (non-hydrogen) atoms. The lowest BCUT2D eigenvalue weighted by Crippen LogP contribution is -2.47. The molecule has 0 bridgehead atoms. The molecule has 0 saturated carbocycles. The van der Waals surface area contributed by atoms with Crippen LogP contribution >= 0.6 is 0 Å². The van der Waals surface area contributed by atoms with Crippen LogP contribution in [-0.2, 0) is 11.3 Å². The van der Waals surface area contributed by atoms with Gasteiger partial charge in [-0.3, -0.25) is 19.7 Å². The number of fused-ring (bicyclic) bond motifs is 1. The minimum atomic E-state index is -0.591. The molecule has 3 N–H and O–H groups in total. The molecule has 0 aliphatic carbocycles. The molecule has 4 rings (SSSR count). The molecule has 1 atom stereocenters. The molecule has 7 heteroatoms. The van der Waals surface area contributed by atoms with Gasteiger partial charge >= 0.3 is 0 Å². The summed E-state index contributed by atoms with van der Waals surface area (Å²) in [4.78, 5) is 26.6. The summed E-state index contributed by atoms with van der Waals surface area (Å²) < 4.78 is 5.83. The predicted octanol–water partition coefficient (Wildman–Crippen LogP) is 2.59. The molecule has 1 aliphatic rings. The van der Waals surface area contributed by atoms with E-state index in [0.29, 0.717) is 24.3 Å². The Bertz CT molecular complexity index is 1070. The average Bonchev–Trinajstić information content (AvgIpc) is 2.82. The van der Waals surface area contributed by atoms with Crippen LogP contribution in [-0.4, -0.2) is 54.3 Å². The summed E-state index contributed by atoms with van der Waals surface area (Å²) >= 11 is 0. The van der Waals surface area contributed by atoms with Crippen molar-refractivity contribution in [3.63, 3.8) is 0 Å².